The van der Waals surface area contributed by atoms with Gasteiger partial charge in [-0.3, -0.25) is 0 Å². The molecule has 0 bridgehead atoms. The van der Waals surface area contributed by atoms with E-state index >= 15 is 0 Å². The topological polar surface area (TPSA) is 66.4 Å². The molecular weight excluding hydrogens is 346 g/mol. The number of nitrogens with one attached hydrogen (secondary N) is 1. The molecule has 24 heavy (non-hydrogen) atoms. The molecule has 2 aromatic carbocycles. The Balaban J connectivity index is 1.74. The molecule has 128 valence electrons. The van der Waals surface area contributed by atoms with E-state index < -0.39 is 15.6 Å². The van der Waals surface area contributed by atoms with Crippen LogP contribution in [0.1, 0.15) is 23.1 Å². The molecule has 6 heteroatoms. The summed E-state index contributed by atoms with van der Waals surface area (Å²) in [7, 11) is -3.71. The number of aryl methyl sites for hydroxylation is 2. The van der Waals surface area contributed by atoms with Gasteiger partial charge in [0.2, 0.25) is 10.0 Å². The van der Waals surface area contributed by atoms with Crippen molar-refractivity contribution >= 4 is 21.6 Å². The molecule has 0 fully saturated rings. The summed E-state index contributed by atoms with van der Waals surface area (Å²) in [5.74, 6) is 0. The largest absolute Gasteiger partial charge is 0.388 e. The van der Waals surface area contributed by atoms with Crippen LogP contribution in [0.5, 0.6) is 0 Å². The normalized spacial score (nSPS) is 20.6. The third-order valence-corrected chi connectivity index (χ3v) is 6.35. The molecule has 1 atom stereocenters. The highest BCUT2D eigenvalue weighted by Crippen LogP contribution is 2.29. The van der Waals surface area contributed by atoms with Gasteiger partial charge in [0, 0.05) is 18.0 Å². The Hall–Kier alpha value is -1.40. The van der Waals surface area contributed by atoms with Crippen molar-refractivity contribution in [3.05, 3.63) is 64.2 Å². The highest BCUT2D eigenvalue weighted by molar-refractivity contribution is 7.89. The van der Waals surface area contributed by atoms with Crippen molar-refractivity contribution in [3.8, 4) is 0 Å². The van der Waals surface area contributed by atoms with E-state index in [2.05, 4.69) is 4.72 Å². The second kappa shape index (κ2) is 6.48. The van der Waals surface area contributed by atoms with E-state index in [-0.39, 0.29) is 11.4 Å². The lowest BCUT2D eigenvalue weighted by Crippen LogP contribution is -2.46. The molecule has 1 unspecified atom stereocenters. The molecule has 0 amide bonds. The maximum atomic E-state index is 12.4. The summed E-state index contributed by atoms with van der Waals surface area (Å²) in [5.41, 5.74) is 2.04. The Morgan fingerprint density at radius 3 is 2.62 bits per heavy atom. The zero-order chi connectivity index (χ0) is 17.4. The van der Waals surface area contributed by atoms with Crippen molar-refractivity contribution in [2.75, 3.05) is 6.54 Å². The molecule has 0 spiro atoms. The summed E-state index contributed by atoms with van der Waals surface area (Å²) in [6.07, 6.45) is 1.71. The number of hydrogen-bond acceptors (Lipinski definition) is 3. The highest BCUT2D eigenvalue weighted by Gasteiger charge is 2.33. The molecule has 0 radical (unpaired) electrons. The Bertz CT molecular complexity index is 866. The lowest BCUT2D eigenvalue weighted by atomic mass is 9.80. The average Bonchev–Trinajstić information content (AvgIpc) is 2.55. The van der Waals surface area contributed by atoms with Crippen molar-refractivity contribution in [1.82, 2.24) is 4.72 Å². The van der Waals surface area contributed by atoms with Crippen LogP contribution in [0.3, 0.4) is 0 Å². The lowest BCUT2D eigenvalue weighted by Gasteiger charge is -2.33. The van der Waals surface area contributed by atoms with Gasteiger partial charge in [-0.1, -0.05) is 41.9 Å². The minimum atomic E-state index is -3.71. The summed E-state index contributed by atoms with van der Waals surface area (Å²) in [6, 6.07) is 12.6. The van der Waals surface area contributed by atoms with Gasteiger partial charge in [0.05, 0.1) is 10.5 Å². The molecule has 0 aromatic heterocycles. The minimum absolute atomic E-state index is 0.0187. The van der Waals surface area contributed by atoms with Crippen molar-refractivity contribution in [3.63, 3.8) is 0 Å². The Kier molecular flexibility index (Phi) is 4.71. The van der Waals surface area contributed by atoms with Crippen LogP contribution in [0.15, 0.2) is 47.4 Å². The van der Waals surface area contributed by atoms with Crippen LogP contribution in [0.25, 0.3) is 0 Å². The fourth-order valence-electron chi connectivity index (χ4n) is 2.99. The first-order chi connectivity index (χ1) is 11.3. The molecule has 2 aromatic rings. The van der Waals surface area contributed by atoms with E-state index in [4.69, 9.17) is 11.6 Å². The number of rotatable bonds is 4. The molecule has 4 nitrogen and oxygen atoms in total. The maximum Gasteiger partial charge on any atom is 0.240 e. The molecule has 2 N–H and O–H groups in total. The van der Waals surface area contributed by atoms with Crippen LogP contribution in [0, 0.1) is 6.92 Å². The summed E-state index contributed by atoms with van der Waals surface area (Å²) in [6.45, 7) is 1.80. The first-order valence-electron chi connectivity index (χ1n) is 7.84. The van der Waals surface area contributed by atoms with Gasteiger partial charge in [-0.25, -0.2) is 13.1 Å². The zero-order valence-electron chi connectivity index (χ0n) is 13.4. The summed E-state index contributed by atoms with van der Waals surface area (Å²) in [4.78, 5) is 0.109. The van der Waals surface area contributed by atoms with Crippen molar-refractivity contribution in [2.24, 2.45) is 0 Å². The summed E-state index contributed by atoms with van der Waals surface area (Å²) >= 11 is 6.01. The third-order valence-electron chi connectivity index (χ3n) is 4.54. The van der Waals surface area contributed by atoms with Gasteiger partial charge in [0.15, 0.2) is 0 Å². The fraction of sp³-hybridized carbons (Fsp3) is 0.333. The molecular formula is C18H20ClNO3S. The number of sulfonamides is 1. The second-order valence-corrected chi connectivity index (χ2v) is 8.58. The lowest BCUT2D eigenvalue weighted by molar-refractivity contribution is 0.0317. The summed E-state index contributed by atoms with van der Waals surface area (Å²) in [5, 5.41) is 11.2. The fourth-order valence-corrected chi connectivity index (χ4v) is 4.38. The first-order valence-corrected chi connectivity index (χ1v) is 9.70. The molecule has 0 heterocycles. The third kappa shape index (κ3) is 3.64. The van der Waals surface area contributed by atoms with Gasteiger partial charge in [0.1, 0.15) is 0 Å². The molecule has 0 saturated heterocycles. The predicted molar refractivity (Wildman–Crippen MR) is 94.8 cm³/mol. The zero-order valence-corrected chi connectivity index (χ0v) is 15.0. The summed E-state index contributed by atoms with van der Waals surface area (Å²) < 4.78 is 27.4. The average molecular weight is 366 g/mol. The minimum Gasteiger partial charge on any atom is -0.388 e. The molecule has 1 aliphatic carbocycles. The molecule has 0 saturated carbocycles. The SMILES string of the molecule is Cc1ccc(S(=O)(=O)NCC2(O)CCc3ccccc3C2)cc1Cl. The van der Waals surface area contributed by atoms with E-state index in [0.717, 1.165) is 17.5 Å². The maximum absolute atomic E-state index is 12.4. The predicted octanol–water partition coefficient (Wildman–Crippen LogP) is 2.85. The smallest absolute Gasteiger partial charge is 0.240 e. The molecule has 3 rings (SSSR count). The number of aliphatic hydroxyl groups is 1. The number of halogens is 1. The van der Waals surface area contributed by atoms with Crippen LogP contribution >= 0.6 is 11.6 Å². The second-order valence-electron chi connectivity index (χ2n) is 6.41. The van der Waals surface area contributed by atoms with E-state index in [1.807, 2.05) is 31.2 Å². The van der Waals surface area contributed by atoms with Crippen LogP contribution in [0.2, 0.25) is 5.02 Å². The standard InChI is InChI=1S/C18H20ClNO3S/c1-13-6-7-16(10-17(13)19)24(22,23)20-12-18(21)9-8-14-4-2-3-5-15(14)11-18/h2-7,10,20-21H,8-9,11-12H2,1H3. The Morgan fingerprint density at radius 1 is 1.21 bits per heavy atom. The van der Waals surface area contributed by atoms with Gasteiger partial charge in [0.25, 0.3) is 0 Å². The quantitative estimate of drug-likeness (QED) is 0.875. The monoisotopic (exact) mass is 365 g/mol. The molecule has 1 aliphatic rings. The van der Waals surface area contributed by atoms with Crippen LogP contribution in [-0.4, -0.2) is 25.7 Å². The van der Waals surface area contributed by atoms with Crippen LogP contribution < -0.4 is 4.72 Å². The van der Waals surface area contributed by atoms with Gasteiger partial charge in [-0.15, -0.1) is 0 Å². The van der Waals surface area contributed by atoms with E-state index in [1.165, 1.54) is 17.7 Å². The number of hydrogen-bond donors (Lipinski definition) is 2. The van der Waals surface area contributed by atoms with Crippen molar-refractivity contribution in [1.29, 1.82) is 0 Å². The van der Waals surface area contributed by atoms with Crippen molar-refractivity contribution in [2.45, 2.75) is 36.7 Å². The first kappa shape index (κ1) is 17.4. The van der Waals surface area contributed by atoms with Gasteiger partial charge < -0.3 is 5.11 Å². The van der Waals surface area contributed by atoms with Crippen LogP contribution in [0.4, 0.5) is 0 Å². The van der Waals surface area contributed by atoms with Gasteiger partial charge in [-0.2, -0.15) is 0 Å². The number of fused-ring (bicyclic) bond motifs is 1. The van der Waals surface area contributed by atoms with Gasteiger partial charge >= 0.3 is 0 Å². The van der Waals surface area contributed by atoms with E-state index in [1.54, 1.807) is 6.07 Å². The number of benzene rings is 2. The van der Waals surface area contributed by atoms with Crippen LogP contribution in [-0.2, 0) is 22.9 Å². The Morgan fingerprint density at radius 2 is 1.92 bits per heavy atom. The molecule has 0 aliphatic heterocycles. The Labute approximate surface area is 147 Å². The van der Waals surface area contributed by atoms with Gasteiger partial charge in [-0.05, 0) is 48.6 Å². The highest BCUT2D eigenvalue weighted by atomic mass is 35.5. The van der Waals surface area contributed by atoms with Crippen molar-refractivity contribution < 1.29 is 13.5 Å². The van der Waals surface area contributed by atoms with E-state index in [0.29, 0.717) is 17.9 Å². The van der Waals surface area contributed by atoms with E-state index in [9.17, 15) is 13.5 Å².